The van der Waals surface area contributed by atoms with Gasteiger partial charge in [0.05, 0.1) is 0 Å². The first-order valence-electron chi connectivity index (χ1n) is 6.54. The average Bonchev–Trinajstić information content (AvgIpc) is 2.63. The predicted octanol–water partition coefficient (Wildman–Crippen LogP) is 1.35. The molecule has 0 spiro atoms. The molecule has 102 valence electrons. The second-order valence-electron chi connectivity index (χ2n) is 4.70. The molecule has 1 N–H and O–H groups in total. The molecule has 1 aliphatic heterocycles. The van der Waals surface area contributed by atoms with E-state index in [1.54, 1.807) is 6.92 Å². The number of amides is 1. The summed E-state index contributed by atoms with van der Waals surface area (Å²) in [5.41, 5.74) is 0. The predicted molar refractivity (Wildman–Crippen MR) is 65.9 cm³/mol. The van der Waals surface area contributed by atoms with Crippen LogP contribution in [0.2, 0.25) is 0 Å². The van der Waals surface area contributed by atoms with Gasteiger partial charge in [0, 0.05) is 25.7 Å². The molecule has 0 aromatic rings. The van der Waals surface area contributed by atoms with E-state index in [1.807, 2.05) is 6.92 Å². The molecule has 1 heterocycles. The largest absolute Gasteiger partial charge is 0.461 e. The van der Waals surface area contributed by atoms with Crippen LogP contribution in [-0.2, 0) is 19.1 Å². The van der Waals surface area contributed by atoms with E-state index in [9.17, 15) is 14.4 Å². The van der Waals surface area contributed by atoms with Crippen molar-refractivity contribution in [1.29, 1.82) is 0 Å². The van der Waals surface area contributed by atoms with Gasteiger partial charge < -0.3 is 10.1 Å². The number of nitrogens with one attached hydrogen (secondary N) is 1. The molecule has 5 nitrogen and oxygen atoms in total. The van der Waals surface area contributed by atoms with Crippen LogP contribution in [0.3, 0.4) is 0 Å². The Morgan fingerprint density at radius 1 is 1.33 bits per heavy atom. The molecule has 1 rings (SSSR count). The summed E-state index contributed by atoms with van der Waals surface area (Å²) in [5, 5.41) is 2.66. The van der Waals surface area contributed by atoms with Crippen molar-refractivity contribution >= 4 is 17.7 Å². The van der Waals surface area contributed by atoms with Gasteiger partial charge in [-0.25, -0.2) is 4.79 Å². The second kappa shape index (κ2) is 7.13. The Balaban J connectivity index is 2.14. The van der Waals surface area contributed by atoms with Crippen molar-refractivity contribution in [1.82, 2.24) is 5.32 Å². The summed E-state index contributed by atoms with van der Waals surface area (Å²) in [7, 11) is 0. The molecule has 0 bridgehead atoms. The van der Waals surface area contributed by atoms with Crippen LogP contribution in [0.25, 0.3) is 0 Å². The topological polar surface area (TPSA) is 72.5 Å². The maximum absolute atomic E-state index is 11.6. The Bertz CT molecular complexity index is 327. The van der Waals surface area contributed by atoms with Gasteiger partial charge in [-0.05, 0) is 19.8 Å². The van der Waals surface area contributed by atoms with E-state index in [4.69, 9.17) is 4.74 Å². The Labute approximate surface area is 107 Å². The summed E-state index contributed by atoms with van der Waals surface area (Å²) < 4.78 is 4.95. The highest BCUT2D eigenvalue weighted by molar-refractivity contribution is 5.85. The number of ketones is 1. The van der Waals surface area contributed by atoms with Crippen LogP contribution in [0.4, 0.5) is 0 Å². The number of cyclic esters (lactones) is 1. The Kier molecular flexibility index (Phi) is 5.82. The fourth-order valence-corrected chi connectivity index (χ4v) is 1.93. The van der Waals surface area contributed by atoms with Crippen LogP contribution in [0.5, 0.6) is 0 Å². The van der Waals surface area contributed by atoms with Gasteiger partial charge >= 0.3 is 5.97 Å². The zero-order valence-electron chi connectivity index (χ0n) is 11.0. The van der Waals surface area contributed by atoms with Crippen LogP contribution < -0.4 is 5.32 Å². The summed E-state index contributed by atoms with van der Waals surface area (Å²) in [6.45, 7) is 3.64. The minimum atomic E-state index is -0.496. The van der Waals surface area contributed by atoms with Gasteiger partial charge in [-0.1, -0.05) is 6.92 Å². The first kappa shape index (κ1) is 14.7. The number of carbonyl (C=O) groups is 3. The first-order valence-corrected chi connectivity index (χ1v) is 6.54. The van der Waals surface area contributed by atoms with E-state index in [-0.39, 0.29) is 23.8 Å². The summed E-state index contributed by atoms with van der Waals surface area (Å²) in [6.07, 6.45) is 3.27. The normalized spacial score (nSPS) is 22.7. The lowest BCUT2D eigenvalue weighted by molar-refractivity contribution is -0.143. The Morgan fingerprint density at radius 3 is 2.56 bits per heavy atom. The number of unbranched alkanes of at least 4 members (excludes halogenated alkanes) is 1. The number of rotatable bonds is 7. The molecule has 1 amide bonds. The molecule has 0 aromatic heterocycles. The number of esters is 1. The summed E-state index contributed by atoms with van der Waals surface area (Å²) >= 11 is 0. The molecule has 2 atom stereocenters. The quantitative estimate of drug-likeness (QED) is 0.550. The number of Topliss-reactive ketones (excluding diaryl/α,β-unsaturated/α-hetero) is 1. The number of hydrogen-bond acceptors (Lipinski definition) is 4. The molecular weight excluding hydrogens is 234 g/mol. The highest BCUT2D eigenvalue weighted by Crippen LogP contribution is 2.14. The third-order valence-electron chi connectivity index (χ3n) is 3.01. The number of carbonyl (C=O) groups excluding carboxylic acids is 3. The molecule has 18 heavy (non-hydrogen) atoms. The van der Waals surface area contributed by atoms with Gasteiger partial charge in [-0.15, -0.1) is 0 Å². The molecule has 0 aliphatic carbocycles. The van der Waals surface area contributed by atoms with Gasteiger partial charge in [-0.3, -0.25) is 9.59 Å². The van der Waals surface area contributed by atoms with Gasteiger partial charge in [0.2, 0.25) is 5.91 Å². The maximum Gasteiger partial charge on any atom is 0.329 e. The molecule has 0 aromatic carbocycles. The highest BCUT2D eigenvalue weighted by Gasteiger charge is 2.32. The molecule has 0 saturated carbocycles. The highest BCUT2D eigenvalue weighted by atomic mass is 16.6. The van der Waals surface area contributed by atoms with E-state index < -0.39 is 6.04 Å². The molecule has 1 saturated heterocycles. The van der Waals surface area contributed by atoms with Gasteiger partial charge in [0.25, 0.3) is 0 Å². The van der Waals surface area contributed by atoms with Crippen molar-refractivity contribution in [3.63, 3.8) is 0 Å². The SMILES string of the molecule is CCC(=O)CCCCC(=O)N[C@H]1C[C@@H](C)OC1=O. The second-order valence-corrected chi connectivity index (χ2v) is 4.70. The summed E-state index contributed by atoms with van der Waals surface area (Å²) in [6, 6.07) is -0.496. The van der Waals surface area contributed by atoms with Gasteiger partial charge in [0.1, 0.15) is 17.9 Å². The Morgan fingerprint density at radius 2 is 2.00 bits per heavy atom. The van der Waals surface area contributed by atoms with Crippen molar-refractivity contribution in [2.75, 3.05) is 0 Å². The Hall–Kier alpha value is -1.39. The summed E-state index contributed by atoms with van der Waals surface area (Å²) in [4.78, 5) is 33.9. The smallest absolute Gasteiger partial charge is 0.329 e. The van der Waals surface area contributed by atoms with E-state index in [0.29, 0.717) is 32.1 Å². The lowest BCUT2D eigenvalue weighted by Gasteiger charge is -2.08. The molecule has 0 radical (unpaired) electrons. The standard InChI is InChI=1S/C13H21NO4/c1-3-10(15)6-4-5-7-12(16)14-11-8-9(2)18-13(11)17/h9,11H,3-8H2,1-2H3,(H,14,16)/t9-,11+/m1/s1. The van der Waals surface area contributed by atoms with Crippen molar-refractivity contribution in [3.8, 4) is 0 Å². The van der Waals surface area contributed by atoms with Crippen LogP contribution in [0.1, 0.15) is 52.4 Å². The fraction of sp³-hybridized carbons (Fsp3) is 0.769. The molecule has 5 heteroatoms. The molecule has 1 fully saturated rings. The van der Waals surface area contributed by atoms with Crippen molar-refractivity contribution < 1.29 is 19.1 Å². The van der Waals surface area contributed by atoms with Gasteiger partial charge in [-0.2, -0.15) is 0 Å². The van der Waals surface area contributed by atoms with E-state index in [0.717, 1.165) is 6.42 Å². The third kappa shape index (κ3) is 4.85. The van der Waals surface area contributed by atoms with E-state index in [2.05, 4.69) is 5.32 Å². The number of hydrogen-bond donors (Lipinski definition) is 1. The third-order valence-corrected chi connectivity index (χ3v) is 3.01. The van der Waals surface area contributed by atoms with E-state index in [1.165, 1.54) is 0 Å². The summed E-state index contributed by atoms with van der Waals surface area (Å²) in [5.74, 6) is -0.268. The maximum atomic E-state index is 11.6. The minimum absolute atomic E-state index is 0.120. The lowest BCUT2D eigenvalue weighted by atomic mass is 10.1. The first-order chi connectivity index (χ1) is 8.52. The van der Waals surface area contributed by atoms with Crippen molar-refractivity contribution in [2.24, 2.45) is 0 Å². The van der Waals surface area contributed by atoms with E-state index >= 15 is 0 Å². The monoisotopic (exact) mass is 255 g/mol. The molecular formula is C13H21NO4. The van der Waals surface area contributed by atoms with Crippen LogP contribution in [0, 0.1) is 0 Å². The zero-order valence-corrected chi connectivity index (χ0v) is 11.0. The van der Waals surface area contributed by atoms with Crippen LogP contribution in [-0.4, -0.2) is 29.8 Å². The minimum Gasteiger partial charge on any atom is -0.461 e. The van der Waals surface area contributed by atoms with Gasteiger partial charge in [0.15, 0.2) is 0 Å². The van der Waals surface area contributed by atoms with Crippen molar-refractivity contribution in [3.05, 3.63) is 0 Å². The molecule has 1 aliphatic rings. The van der Waals surface area contributed by atoms with Crippen LogP contribution in [0.15, 0.2) is 0 Å². The van der Waals surface area contributed by atoms with Crippen LogP contribution >= 0.6 is 0 Å². The average molecular weight is 255 g/mol. The fourth-order valence-electron chi connectivity index (χ4n) is 1.93. The van der Waals surface area contributed by atoms with Crippen molar-refractivity contribution in [2.45, 2.75) is 64.5 Å². The zero-order chi connectivity index (χ0) is 13.5. The lowest BCUT2D eigenvalue weighted by Crippen LogP contribution is -2.37. The molecule has 0 unspecified atom stereocenters. The number of ether oxygens (including phenoxy) is 1.